The molecular formula is C30H42F2O. The van der Waals surface area contributed by atoms with Gasteiger partial charge in [-0.2, -0.15) is 4.39 Å². The van der Waals surface area contributed by atoms with E-state index in [0.717, 1.165) is 18.8 Å². The molecule has 3 heteroatoms. The zero-order valence-corrected chi connectivity index (χ0v) is 20.7. The molecule has 2 aromatic rings. The van der Waals surface area contributed by atoms with Gasteiger partial charge in [-0.15, -0.1) is 0 Å². The zero-order valence-electron chi connectivity index (χ0n) is 20.7. The SMILES string of the molecule is CCCCCCCCC1CCC(c2ccc(-c3ccc(OCCCC)c(F)c3F)cc2)CC1. The van der Waals surface area contributed by atoms with Gasteiger partial charge in [-0.1, -0.05) is 89.5 Å². The Morgan fingerprint density at radius 1 is 0.727 bits per heavy atom. The Morgan fingerprint density at radius 2 is 1.39 bits per heavy atom. The maximum Gasteiger partial charge on any atom is 0.201 e. The van der Waals surface area contributed by atoms with Gasteiger partial charge in [0.1, 0.15) is 0 Å². The molecule has 0 aromatic heterocycles. The fraction of sp³-hybridized carbons (Fsp3) is 0.600. The van der Waals surface area contributed by atoms with Crippen molar-refractivity contribution in [2.75, 3.05) is 6.61 Å². The summed E-state index contributed by atoms with van der Waals surface area (Å²) in [4.78, 5) is 0. The predicted octanol–water partition coefficient (Wildman–Crippen LogP) is 9.84. The average Bonchev–Trinajstić information content (AvgIpc) is 2.85. The van der Waals surface area contributed by atoms with Crippen molar-refractivity contribution in [3.8, 4) is 16.9 Å². The Hall–Kier alpha value is -1.90. The van der Waals surface area contributed by atoms with E-state index in [1.54, 1.807) is 12.1 Å². The summed E-state index contributed by atoms with van der Waals surface area (Å²) in [5, 5.41) is 0. The topological polar surface area (TPSA) is 9.23 Å². The van der Waals surface area contributed by atoms with Crippen LogP contribution in [0.1, 0.15) is 109 Å². The molecule has 1 aliphatic carbocycles. The molecule has 3 rings (SSSR count). The molecule has 1 aliphatic rings. The highest BCUT2D eigenvalue weighted by Gasteiger charge is 2.22. The molecule has 0 amide bonds. The number of benzene rings is 2. The van der Waals surface area contributed by atoms with E-state index in [9.17, 15) is 8.78 Å². The van der Waals surface area contributed by atoms with Crippen molar-refractivity contribution in [3.05, 3.63) is 53.6 Å². The summed E-state index contributed by atoms with van der Waals surface area (Å²) in [5.74, 6) is -0.236. The van der Waals surface area contributed by atoms with Crippen LogP contribution in [0.25, 0.3) is 11.1 Å². The minimum absolute atomic E-state index is 0.000889. The van der Waals surface area contributed by atoms with Gasteiger partial charge in [0.25, 0.3) is 0 Å². The quantitative estimate of drug-likeness (QED) is 0.272. The van der Waals surface area contributed by atoms with Crippen LogP contribution in [-0.2, 0) is 0 Å². The summed E-state index contributed by atoms with van der Waals surface area (Å²) in [7, 11) is 0. The summed E-state index contributed by atoms with van der Waals surface area (Å²) >= 11 is 0. The smallest absolute Gasteiger partial charge is 0.201 e. The first-order valence-electron chi connectivity index (χ1n) is 13.3. The van der Waals surface area contributed by atoms with Crippen LogP contribution in [-0.4, -0.2) is 6.61 Å². The van der Waals surface area contributed by atoms with Crippen LogP contribution >= 0.6 is 0 Å². The molecule has 0 N–H and O–H groups in total. The van der Waals surface area contributed by atoms with Crippen molar-refractivity contribution in [3.63, 3.8) is 0 Å². The van der Waals surface area contributed by atoms with Crippen molar-refractivity contribution in [1.82, 2.24) is 0 Å². The fourth-order valence-corrected chi connectivity index (χ4v) is 5.13. The van der Waals surface area contributed by atoms with E-state index in [-0.39, 0.29) is 5.75 Å². The van der Waals surface area contributed by atoms with E-state index >= 15 is 0 Å². The average molecular weight is 457 g/mol. The number of hydrogen-bond donors (Lipinski definition) is 0. The van der Waals surface area contributed by atoms with Crippen LogP contribution in [0.2, 0.25) is 0 Å². The van der Waals surface area contributed by atoms with E-state index in [1.165, 1.54) is 76.2 Å². The maximum absolute atomic E-state index is 14.7. The number of unbranched alkanes of at least 4 members (excludes halogenated alkanes) is 6. The van der Waals surface area contributed by atoms with Gasteiger partial charge in [0.05, 0.1) is 6.61 Å². The van der Waals surface area contributed by atoms with Gasteiger partial charge in [0.15, 0.2) is 11.6 Å². The second kappa shape index (κ2) is 13.7. The summed E-state index contributed by atoms with van der Waals surface area (Å²) in [6, 6.07) is 11.3. The Morgan fingerprint density at radius 3 is 2.09 bits per heavy atom. The van der Waals surface area contributed by atoms with Crippen molar-refractivity contribution < 1.29 is 13.5 Å². The van der Waals surface area contributed by atoms with Crippen molar-refractivity contribution in [1.29, 1.82) is 0 Å². The van der Waals surface area contributed by atoms with E-state index in [1.807, 2.05) is 19.1 Å². The molecule has 0 bridgehead atoms. The molecule has 0 heterocycles. The summed E-state index contributed by atoms with van der Waals surface area (Å²) in [5.41, 5.74) is 2.34. The third-order valence-electron chi connectivity index (χ3n) is 7.31. The molecule has 33 heavy (non-hydrogen) atoms. The molecule has 1 saturated carbocycles. The lowest BCUT2D eigenvalue weighted by atomic mass is 9.77. The highest BCUT2D eigenvalue weighted by atomic mass is 19.2. The second-order valence-corrected chi connectivity index (χ2v) is 9.84. The van der Waals surface area contributed by atoms with Gasteiger partial charge < -0.3 is 4.74 Å². The van der Waals surface area contributed by atoms with Crippen LogP contribution in [0.15, 0.2) is 36.4 Å². The molecule has 2 aromatic carbocycles. The standard InChI is InChI=1S/C30H42F2O/c1-3-5-7-8-9-10-11-23-12-14-24(15-13-23)25-16-18-26(19-17-25)27-20-21-28(30(32)29(27)31)33-22-6-4-2/h16-21,23-24H,3-15,22H2,1-2H3. The number of ether oxygens (including phenoxy) is 1. The molecule has 0 atom stereocenters. The molecule has 0 radical (unpaired) electrons. The summed E-state index contributed by atoms with van der Waals surface area (Å²) < 4.78 is 34.5. The van der Waals surface area contributed by atoms with Gasteiger partial charge in [-0.3, -0.25) is 0 Å². The fourth-order valence-electron chi connectivity index (χ4n) is 5.13. The molecule has 0 aliphatic heterocycles. The minimum Gasteiger partial charge on any atom is -0.490 e. The highest BCUT2D eigenvalue weighted by Crippen LogP contribution is 2.39. The van der Waals surface area contributed by atoms with Gasteiger partial charge in [-0.25, -0.2) is 4.39 Å². The van der Waals surface area contributed by atoms with Crippen LogP contribution in [0.4, 0.5) is 8.78 Å². The maximum atomic E-state index is 14.7. The van der Waals surface area contributed by atoms with E-state index in [2.05, 4.69) is 19.1 Å². The first-order valence-corrected chi connectivity index (χ1v) is 13.3. The second-order valence-electron chi connectivity index (χ2n) is 9.84. The predicted molar refractivity (Wildman–Crippen MR) is 135 cm³/mol. The van der Waals surface area contributed by atoms with Crippen molar-refractivity contribution in [2.45, 2.75) is 103 Å². The van der Waals surface area contributed by atoms with Gasteiger partial charge in [0, 0.05) is 5.56 Å². The van der Waals surface area contributed by atoms with Crippen LogP contribution < -0.4 is 4.74 Å². The van der Waals surface area contributed by atoms with Gasteiger partial charge in [-0.05, 0) is 67.2 Å². The Kier molecular flexibility index (Phi) is 10.7. The Labute approximate surface area is 199 Å². The van der Waals surface area contributed by atoms with Crippen LogP contribution in [0, 0.1) is 17.6 Å². The van der Waals surface area contributed by atoms with E-state index < -0.39 is 11.6 Å². The molecule has 1 fully saturated rings. The van der Waals surface area contributed by atoms with Crippen molar-refractivity contribution >= 4 is 0 Å². The lowest BCUT2D eigenvalue weighted by Crippen LogP contribution is -2.13. The molecule has 0 unspecified atom stereocenters. The first-order chi connectivity index (χ1) is 16.1. The van der Waals surface area contributed by atoms with Gasteiger partial charge >= 0.3 is 0 Å². The van der Waals surface area contributed by atoms with E-state index in [4.69, 9.17) is 4.74 Å². The van der Waals surface area contributed by atoms with Crippen LogP contribution in [0.3, 0.4) is 0 Å². The van der Waals surface area contributed by atoms with Crippen molar-refractivity contribution in [2.24, 2.45) is 5.92 Å². The third-order valence-corrected chi connectivity index (χ3v) is 7.31. The molecule has 0 saturated heterocycles. The Balaban J connectivity index is 1.50. The summed E-state index contributed by atoms with van der Waals surface area (Å²) in [6.07, 6.45) is 16.6. The first kappa shape index (κ1) is 25.7. The molecule has 1 nitrogen and oxygen atoms in total. The summed E-state index contributed by atoms with van der Waals surface area (Å²) in [6.45, 7) is 4.71. The monoisotopic (exact) mass is 456 g/mol. The normalized spacial score (nSPS) is 18.4. The molecule has 182 valence electrons. The van der Waals surface area contributed by atoms with Crippen LogP contribution in [0.5, 0.6) is 5.75 Å². The Bertz CT molecular complexity index is 822. The lowest BCUT2D eigenvalue weighted by Gasteiger charge is -2.29. The highest BCUT2D eigenvalue weighted by molar-refractivity contribution is 5.65. The number of hydrogen-bond acceptors (Lipinski definition) is 1. The number of halogens is 2. The number of rotatable bonds is 13. The largest absolute Gasteiger partial charge is 0.490 e. The zero-order chi connectivity index (χ0) is 23.5. The third kappa shape index (κ3) is 7.55. The molecular weight excluding hydrogens is 414 g/mol. The minimum atomic E-state index is -0.892. The lowest BCUT2D eigenvalue weighted by molar-refractivity contribution is 0.289. The molecule has 0 spiro atoms. The van der Waals surface area contributed by atoms with E-state index in [0.29, 0.717) is 23.7 Å². The van der Waals surface area contributed by atoms with Gasteiger partial charge in [0.2, 0.25) is 5.82 Å².